The number of carbonyl (C=O) groups excluding carboxylic acids is 4. The van der Waals surface area contributed by atoms with Gasteiger partial charge in [0.05, 0.1) is 38.3 Å². The number of fused-ring (bicyclic) bond motifs is 1. The molecule has 0 aromatic heterocycles. The number of aliphatic carboxylic acids is 1. The van der Waals surface area contributed by atoms with Gasteiger partial charge in [0.15, 0.2) is 11.5 Å². The SMILES string of the molecule is CCOC(=O)c1ccc(NC(=O)N([C@@H]2CC[N+](C)(Cc3ccc4c(c3)OCO4)C2)[C@@H](Cc2ccc(F)cc2)C(N)=O)cc1.O=C([O-])C(F)(F)F. The molecule has 50 heavy (non-hydrogen) atoms. The van der Waals surface area contributed by atoms with Crippen molar-refractivity contribution in [2.45, 2.75) is 44.6 Å². The van der Waals surface area contributed by atoms with Crippen LogP contribution in [-0.4, -0.2) is 85.1 Å². The van der Waals surface area contributed by atoms with E-state index in [9.17, 15) is 31.9 Å². The van der Waals surface area contributed by atoms with Gasteiger partial charge in [-0.25, -0.2) is 14.0 Å². The van der Waals surface area contributed by atoms with E-state index in [-0.39, 0.29) is 25.9 Å². The van der Waals surface area contributed by atoms with Gasteiger partial charge in [-0.15, -0.1) is 0 Å². The van der Waals surface area contributed by atoms with Gasteiger partial charge < -0.3 is 44.5 Å². The minimum absolute atomic E-state index is 0.132. The molecular formula is C34H36F4N4O8. The van der Waals surface area contributed by atoms with Gasteiger partial charge >= 0.3 is 18.2 Å². The lowest BCUT2D eigenvalue weighted by molar-refractivity contribution is -0.911. The predicted octanol–water partition coefficient (Wildman–Crippen LogP) is 3.38. The van der Waals surface area contributed by atoms with Crippen LogP contribution in [0.5, 0.6) is 11.5 Å². The first-order valence-electron chi connectivity index (χ1n) is 15.5. The van der Waals surface area contributed by atoms with Crippen molar-refractivity contribution in [3.63, 3.8) is 0 Å². The van der Waals surface area contributed by atoms with Gasteiger partial charge in [0.25, 0.3) is 0 Å². The smallest absolute Gasteiger partial charge is 0.430 e. The number of urea groups is 1. The molecule has 3 aromatic carbocycles. The third kappa shape index (κ3) is 9.84. The molecule has 1 fully saturated rings. The van der Waals surface area contributed by atoms with E-state index in [4.69, 9.17) is 29.8 Å². The fourth-order valence-electron chi connectivity index (χ4n) is 5.84. The molecule has 0 spiro atoms. The molecule has 0 aliphatic carbocycles. The second-order valence-corrected chi connectivity index (χ2v) is 12.0. The van der Waals surface area contributed by atoms with Crippen LogP contribution in [0.3, 0.4) is 0 Å². The topological polar surface area (TPSA) is 160 Å². The third-order valence-electron chi connectivity index (χ3n) is 8.17. The number of amides is 3. The summed E-state index contributed by atoms with van der Waals surface area (Å²) in [5.74, 6) is -3.09. The Labute approximate surface area is 284 Å². The van der Waals surface area contributed by atoms with Crippen molar-refractivity contribution in [2.24, 2.45) is 5.73 Å². The highest BCUT2D eigenvalue weighted by Gasteiger charge is 2.44. The van der Waals surface area contributed by atoms with E-state index in [2.05, 4.69) is 12.4 Å². The highest BCUT2D eigenvalue weighted by Crippen LogP contribution is 2.34. The van der Waals surface area contributed by atoms with Crippen LogP contribution >= 0.6 is 0 Å². The van der Waals surface area contributed by atoms with Crippen molar-refractivity contribution in [3.05, 3.63) is 89.2 Å². The molecule has 0 radical (unpaired) electrons. The van der Waals surface area contributed by atoms with Crippen LogP contribution in [0.2, 0.25) is 0 Å². The number of anilines is 1. The monoisotopic (exact) mass is 704 g/mol. The van der Waals surface area contributed by atoms with Gasteiger partial charge in [-0.1, -0.05) is 12.1 Å². The molecule has 268 valence electrons. The molecule has 1 unspecified atom stereocenters. The quantitative estimate of drug-likeness (QED) is 0.185. The Morgan fingerprint density at radius 1 is 1.02 bits per heavy atom. The number of benzene rings is 3. The van der Waals surface area contributed by atoms with Crippen LogP contribution in [0.4, 0.5) is 28.0 Å². The lowest BCUT2D eigenvalue weighted by Crippen LogP contribution is -2.56. The van der Waals surface area contributed by atoms with Gasteiger partial charge in [0.2, 0.25) is 12.7 Å². The molecule has 0 saturated carbocycles. The lowest BCUT2D eigenvalue weighted by Gasteiger charge is -2.36. The number of likely N-dealkylation sites (N-methyl/N-ethyl adjacent to an activating group) is 1. The van der Waals surface area contributed by atoms with E-state index in [0.717, 1.165) is 12.1 Å². The summed E-state index contributed by atoms with van der Waals surface area (Å²) >= 11 is 0. The molecule has 12 nitrogen and oxygen atoms in total. The number of esters is 1. The Morgan fingerprint density at radius 2 is 1.64 bits per heavy atom. The van der Waals surface area contributed by atoms with E-state index in [1.165, 1.54) is 17.0 Å². The van der Waals surface area contributed by atoms with Crippen molar-refractivity contribution >= 4 is 29.6 Å². The van der Waals surface area contributed by atoms with Crippen molar-refractivity contribution in [1.82, 2.24) is 4.90 Å². The van der Waals surface area contributed by atoms with Gasteiger partial charge in [-0.3, -0.25) is 4.79 Å². The maximum absolute atomic E-state index is 13.9. The zero-order chi connectivity index (χ0) is 36.6. The first-order valence-corrected chi connectivity index (χ1v) is 15.5. The van der Waals surface area contributed by atoms with Crippen LogP contribution in [0.25, 0.3) is 0 Å². The molecule has 3 aromatic rings. The number of carboxylic acids is 1. The van der Waals surface area contributed by atoms with Gasteiger partial charge in [0.1, 0.15) is 24.4 Å². The van der Waals surface area contributed by atoms with Crippen LogP contribution < -0.4 is 25.6 Å². The molecule has 0 bridgehead atoms. The average Bonchev–Trinajstić information content (AvgIpc) is 3.68. The Kier molecular flexibility index (Phi) is 11.9. The molecule has 3 atom stereocenters. The number of ether oxygens (including phenoxy) is 3. The number of carboxylic acid groups (broad SMARTS) is 1. The molecule has 2 aliphatic heterocycles. The zero-order valence-electron chi connectivity index (χ0n) is 27.2. The fourth-order valence-corrected chi connectivity index (χ4v) is 5.84. The fraction of sp³-hybridized carbons (Fsp3) is 0.353. The number of nitrogens with one attached hydrogen (secondary N) is 1. The Hall–Kier alpha value is -5.38. The maximum Gasteiger partial charge on any atom is 0.430 e. The molecule has 3 N–H and O–H groups in total. The highest BCUT2D eigenvalue weighted by atomic mass is 19.4. The summed E-state index contributed by atoms with van der Waals surface area (Å²) in [7, 11) is 2.12. The van der Waals surface area contributed by atoms with Crippen LogP contribution in [-0.2, 0) is 27.3 Å². The maximum atomic E-state index is 13.9. The van der Waals surface area contributed by atoms with Crippen molar-refractivity contribution in [2.75, 3.05) is 38.9 Å². The number of nitrogens with two attached hydrogens (primary N) is 1. The summed E-state index contributed by atoms with van der Waals surface area (Å²) < 4.78 is 61.8. The normalized spacial score (nSPS) is 18.3. The van der Waals surface area contributed by atoms with Crippen molar-refractivity contribution in [3.8, 4) is 11.5 Å². The first-order chi connectivity index (χ1) is 23.6. The number of rotatable bonds is 10. The van der Waals surface area contributed by atoms with E-state index in [1.54, 1.807) is 43.3 Å². The molecule has 2 heterocycles. The molecular weight excluding hydrogens is 668 g/mol. The van der Waals surface area contributed by atoms with Crippen LogP contribution in [0.1, 0.15) is 34.8 Å². The number of nitrogens with zero attached hydrogens (tertiary/aromatic N) is 2. The summed E-state index contributed by atoms with van der Waals surface area (Å²) in [6.45, 7) is 4.21. The minimum Gasteiger partial charge on any atom is -0.542 e. The second kappa shape index (κ2) is 15.9. The molecule has 16 heteroatoms. The largest absolute Gasteiger partial charge is 0.542 e. The Morgan fingerprint density at radius 3 is 2.24 bits per heavy atom. The number of primary amides is 1. The number of carbonyl (C=O) groups is 4. The first kappa shape index (κ1) is 37.4. The van der Waals surface area contributed by atoms with Crippen molar-refractivity contribution < 1.29 is 60.5 Å². The number of hydrogen-bond donors (Lipinski definition) is 2. The number of halogens is 4. The Bertz CT molecular complexity index is 1690. The third-order valence-corrected chi connectivity index (χ3v) is 8.17. The summed E-state index contributed by atoms with van der Waals surface area (Å²) in [5.41, 5.74) is 8.48. The molecule has 3 amide bonds. The van der Waals surface area contributed by atoms with Gasteiger partial charge in [-0.05, 0) is 67.1 Å². The molecule has 1 saturated heterocycles. The van der Waals surface area contributed by atoms with E-state index in [0.29, 0.717) is 52.3 Å². The number of quaternary nitrogens is 1. The predicted molar refractivity (Wildman–Crippen MR) is 168 cm³/mol. The summed E-state index contributed by atoms with van der Waals surface area (Å²) in [6, 6.07) is 16.3. The minimum atomic E-state index is -5.19. The summed E-state index contributed by atoms with van der Waals surface area (Å²) in [5, 5.41) is 11.7. The standard InChI is InChI=1S/C32H35FN4O6.C2HF3O2/c1-3-41-31(39)23-7-11-25(12-8-23)35-32(40)36(27(30(34)38)16-21-4-9-24(33)10-5-21)26-14-15-37(2,19-26)18-22-6-13-28-29(17-22)43-20-42-28;3-2(4,5)1(6)7/h4-13,17,26-27H,3,14-16,18-20H2,1-2H3,(H2-,34,35,38,39,40);(H,6,7)/t26-,27+,37?;/m1./s1. The highest BCUT2D eigenvalue weighted by molar-refractivity contribution is 5.95. The van der Waals surface area contributed by atoms with Gasteiger partial charge in [-0.2, -0.15) is 13.2 Å². The Balaban J connectivity index is 0.000000727. The number of likely N-dealkylation sites (tertiary alicyclic amines) is 1. The summed E-state index contributed by atoms with van der Waals surface area (Å²) in [6.07, 6.45) is -4.42. The number of hydrogen-bond acceptors (Lipinski definition) is 8. The van der Waals surface area contributed by atoms with Crippen LogP contribution in [0, 0.1) is 5.82 Å². The van der Waals surface area contributed by atoms with E-state index >= 15 is 0 Å². The van der Waals surface area contributed by atoms with Gasteiger partial charge in [0, 0.05) is 24.1 Å². The van der Waals surface area contributed by atoms with Crippen LogP contribution in [0.15, 0.2) is 66.7 Å². The van der Waals surface area contributed by atoms with Crippen molar-refractivity contribution in [1.29, 1.82) is 0 Å². The molecule has 5 rings (SSSR count). The second-order valence-electron chi connectivity index (χ2n) is 12.0. The molecule has 2 aliphatic rings. The zero-order valence-corrected chi connectivity index (χ0v) is 27.2. The summed E-state index contributed by atoms with van der Waals surface area (Å²) in [4.78, 5) is 49.2. The van der Waals surface area contributed by atoms with E-state index < -0.39 is 41.9 Å². The lowest BCUT2D eigenvalue weighted by atomic mass is 10.0. The number of alkyl halides is 3. The van der Waals surface area contributed by atoms with E-state index in [1.807, 2.05) is 18.2 Å². The average molecular weight is 705 g/mol.